The summed E-state index contributed by atoms with van der Waals surface area (Å²) < 4.78 is 48.3. The van der Waals surface area contributed by atoms with Gasteiger partial charge < -0.3 is 30.7 Å². The molecule has 1 saturated carbocycles. The Balaban J connectivity index is 1.24. The van der Waals surface area contributed by atoms with Crippen molar-refractivity contribution in [3.05, 3.63) is 89.2 Å². The Labute approximate surface area is 293 Å². The molecule has 266 valence electrons. The van der Waals surface area contributed by atoms with Crippen LogP contribution in [0.15, 0.2) is 73.1 Å². The predicted molar refractivity (Wildman–Crippen MR) is 177 cm³/mol. The molecule has 1 aliphatic rings. The summed E-state index contributed by atoms with van der Waals surface area (Å²) in [5.41, 5.74) is 1.16. The number of carbonyl (C=O) groups is 4. The molecule has 0 unspecified atom stereocenters. The van der Waals surface area contributed by atoms with Gasteiger partial charge in [0.1, 0.15) is 6.04 Å². The molecule has 5 rings (SSSR count). The number of rotatable bonds is 15. The van der Waals surface area contributed by atoms with Crippen LogP contribution in [0.3, 0.4) is 0 Å². The quantitative estimate of drug-likeness (QED) is 0.0954. The molecule has 1 aliphatic carbocycles. The lowest BCUT2D eigenvalue weighted by molar-refractivity contribution is -0.154. The molecular weight excluding hydrogens is 697 g/mol. The second-order valence-electron chi connectivity index (χ2n) is 11.3. The van der Waals surface area contributed by atoms with Crippen molar-refractivity contribution in [1.82, 2.24) is 25.3 Å². The predicted octanol–water partition coefficient (Wildman–Crippen LogP) is 4.97. The first-order chi connectivity index (χ1) is 24.3. The van der Waals surface area contributed by atoms with Gasteiger partial charge in [0.05, 0.1) is 12.6 Å². The van der Waals surface area contributed by atoms with Crippen molar-refractivity contribution >= 4 is 58.4 Å². The Morgan fingerprint density at radius 1 is 0.902 bits per heavy atom. The van der Waals surface area contributed by atoms with Crippen LogP contribution in [0.25, 0.3) is 0 Å². The first-order valence-corrected chi connectivity index (χ1v) is 15.7. The van der Waals surface area contributed by atoms with E-state index in [9.17, 15) is 32.3 Å². The van der Waals surface area contributed by atoms with Crippen LogP contribution in [-0.4, -0.2) is 69.4 Å². The van der Waals surface area contributed by atoms with Gasteiger partial charge in [-0.15, -0.1) is 0 Å². The number of nitrogens with one attached hydrogen (secondary N) is 4. The van der Waals surface area contributed by atoms with Crippen molar-refractivity contribution in [2.75, 3.05) is 29.7 Å². The zero-order valence-corrected chi connectivity index (χ0v) is 27.5. The molecule has 0 saturated heterocycles. The van der Waals surface area contributed by atoms with Crippen molar-refractivity contribution < 1.29 is 41.8 Å². The zero-order valence-electron chi connectivity index (χ0n) is 26.8. The number of pyridine rings is 1. The highest BCUT2D eigenvalue weighted by Gasteiger charge is 2.45. The van der Waals surface area contributed by atoms with Crippen molar-refractivity contribution in [2.45, 2.75) is 43.4 Å². The summed E-state index contributed by atoms with van der Waals surface area (Å²) in [6, 6.07) is 14.0. The number of Topliss-reactive ketones (excluding diaryl/α,β-unsaturated/α-hetero) is 1. The second-order valence-corrected chi connectivity index (χ2v) is 11.7. The number of benzene rings is 2. The highest BCUT2D eigenvalue weighted by molar-refractivity contribution is 6.40. The zero-order chi connectivity index (χ0) is 36.6. The van der Waals surface area contributed by atoms with Crippen LogP contribution >= 0.6 is 11.6 Å². The molecule has 0 radical (unpaired) electrons. The van der Waals surface area contributed by atoms with E-state index in [1.165, 1.54) is 48.8 Å². The Morgan fingerprint density at radius 2 is 1.57 bits per heavy atom. The van der Waals surface area contributed by atoms with Crippen LogP contribution in [0.1, 0.15) is 41.6 Å². The number of esters is 1. The van der Waals surface area contributed by atoms with Crippen LogP contribution in [-0.2, 0) is 24.7 Å². The van der Waals surface area contributed by atoms with Crippen molar-refractivity contribution in [2.24, 2.45) is 0 Å². The number of methoxy groups -OCH3 is 1. The number of hydrogen-bond donors (Lipinski definition) is 4. The highest BCUT2D eigenvalue weighted by atomic mass is 35.5. The number of amides is 2. The van der Waals surface area contributed by atoms with Gasteiger partial charge in [0, 0.05) is 40.8 Å². The maximum absolute atomic E-state index is 13.0. The summed E-state index contributed by atoms with van der Waals surface area (Å²) in [5.74, 6) is -3.39. The minimum atomic E-state index is -4.64. The van der Waals surface area contributed by atoms with E-state index in [-0.39, 0.29) is 30.3 Å². The number of alkyl halides is 3. The summed E-state index contributed by atoms with van der Waals surface area (Å²) in [4.78, 5) is 66.2. The van der Waals surface area contributed by atoms with Gasteiger partial charge in [0.2, 0.25) is 17.7 Å². The number of nitrogens with zero attached hydrogens (tertiary/aromatic N) is 4. The normalized spacial score (nSPS) is 13.7. The maximum Gasteiger partial charge on any atom is 0.422 e. The van der Waals surface area contributed by atoms with Gasteiger partial charge in [-0.05, 0) is 73.4 Å². The van der Waals surface area contributed by atoms with Gasteiger partial charge in [-0.3, -0.25) is 19.4 Å². The number of hydrogen-bond acceptors (Lipinski definition) is 12. The topological polar surface area (TPSA) is 186 Å². The van der Waals surface area contributed by atoms with E-state index in [1.807, 2.05) is 12.1 Å². The van der Waals surface area contributed by atoms with Crippen LogP contribution in [0, 0.1) is 0 Å². The lowest BCUT2D eigenvalue weighted by Gasteiger charge is -2.19. The molecule has 0 aliphatic heterocycles. The minimum Gasteiger partial charge on any atom is -0.467 e. The summed E-state index contributed by atoms with van der Waals surface area (Å²) in [6.07, 6.45) is -0.920. The van der Waals surface area contributed by atoms with E-state index in [2.05, 4.69) is 41.2 Å². The Kier molecular flexibility index (Phi) is 11.3. The molecule has 1 fully saturated rings. The van der Waals surface area contributed by atoms with Crippen molar-refractivity contribution in [1.29, 1.82) is 0 Å². The van der Waals surface area contributed by atoms with Gasteiger partial charge in [0.15, 0.2) is 6.61 Å². The van der Waals surface area contributed by atoms with Crippen molar-refractivity contribution in [3.8, 4) is 6.01 Å². The standard InChI is InChI=1S/C33H30ClF3N8O6/c1-50-28(49)24(10-11-25(46)27(48)39-23-12-16-38-17-13-23)41-26(47)19-2-8-22(9-3-19)40-29-42-30(44-31(43-29)51-18-33(35,36)37)45-32(14-15-32)20-4-6-21(34)7-5-20/h2-9,12-13,16-17,24H,10-11,14-15,18H2,1H3,(H,41,47)(H,38,39,48)(H2,40,42,43,44,45)/t24-/m0/s1. The van der Waals surface area contributed by atoms with Gasteiger partial charge >= 0.3 is 18.2 Å². The van der Waals surface area contributed by atoms with Crippen molar-refractivity contribution in [3.63, 3.8) is 0 Å². The Hall–Kier alpha value is -5.84. The van der Waals surface area contributed by atoms with Gasteiger partial charge in [-0.1, -0.05) is 23.7 Å². The van der Waals surface area contributed by atoms with Gasteiger partial charge in [-0.25, -0.2) is 4.79 Å². The third-order valence-electron chi connectivity index (χ3n) is 7.52. The molecule has 4 aromatic rings. The van der Waals surface area contributed by atoms with E-state index in [0.29, 0.717) is 29.2 Å². The van der Waals surface area contributed by atoms with E-state index in [0.717, 1.165) is 12.7 Å². The lowest BCUT2D eigenvalue weighted by atomic mass is 10.1. The smallest absolute Gasteiger partial charge is 0.422 e. The first kappa shape index (κ1) is 36.4. The summed E-state index contributed by atoms with van der Waals surface area (Å²) >= 11 is 6.02. The summed E-state index contributed by atoms with van der Waals surface area (Å²) in [7, 11) is 1.11. The molecular formula is C33H30ClF3N8O6. The molecule has 1 atom stereocenters. The second kappa shape index (κ2) is 15.8. The molecule has 2 amide bonds. The number of aromatic nitrogens is 4. The highest BCUT2D eigenvalue weighted by Crippen LogP contribution is 2.48. The fraction of sp³-hybridized carbons (Fsp3) is 0.273. The SMILES string of the molecule is COC(=O)[C@H](CCC(=O)C(=O)Nc1ccncc1)NC(=O)c1ccc(Nc2nc(NC3(c4ccc(Cl)cc4)CC3)nc(OCC(F)(F)F)n2)cc1. The molecule has 18 heteroatoms. The van der Waals surface area contributed by atoms with Crippen LogP contribution in [0.4, 0.5) is 36.4 Å². The van der Waals surface area contributed by atoms with Crippen LogP contribution in [0.2, 0.25) is 5.02 Å². The maximum atomic E-state index is 13.0. The molecule has 2 aromatic carbocycles. The lowest BCUT2D eigenvalue weighted by Crippen LogP contribution is -2.42. The number of anilines is 4. The van der Waals surface area contributed by atoms with E-state index in [4.69, 9.17) is 21.1 Å². The fourth-order valence-corrected chi connectivity index (χ4v) is 4.89. The third kappa shape index (κ3) is 10.3. The Bertz CT molecular complexity index is 1880. The van der Waals surface area contributed by atoms with E-state index in [1.54, 1.807) is 12.1 Å². The summed E-state index contributed by atoms with van der Waals surface area (Å²) in [6.45, 7) is -1.62. The largest absolute Gasteiger partial charge is 0.467 e. The average molecular weight is 727 g/mol. The number of ether oxygens (including phenoxy) is 2. The molecule has 4 N–H and O–H groups in total. The van der Waals surface area contributed by atoms with Gasteiger partial charge in [0.25, 0.3) is 11.8 Å². The molecule has 0 bridgehead atoms. The van der Waals surface area contributed by atoms with Gasteiger partial charge in [-0.2, -0.15) is 28.1 Å². The molecule has 2 heterocycles. The molecule has 14 nitrogen and oxygen atoms in total. The fourth-order valence-electron chi connectivity index (χ4n) is 4.76. The van der Waals surface area contributed by atoms with Crippen LogP contribution in [0.5, 0.6) is 6.01 Å². The van der Waals surface area contributed by atoms with E-state index >= 15 is 0 Å². The number of carbonyl (C=O) groups excluding carboxylic acids is 4. The number of ketones is 1. The molecule has 51 heavy (non-hydrogen) atoms. The molecule has 2 aromatic heterocycles. The third-order valence-corrected chi connectivity index (χ3v) is 7.78. The average Bonchev–Trinajstić information content (AvgIpc) is 3.89. The first-order valence-electron chi connectivity index (χ1n) is 15.3. The minimum absolute atomic E-state index is 0.0321. The van der Waals surface area contributed by atoms with E-state index < -0.39 is 53.9 Å². The molecule has 0 spiro atoms. The monoisotopic (exact) mass is 726 g/mol. The number of halogens is 4. The van der Waals surface area contributed by atoms with Crippen LogP contribution < -0.4 is 26.0 Å². The Morgan fingerprint density at radius 3 is 2.20 bits per heavy atom. The summed E-state index contributed by atoms with van der Waals surface area (Å²) in [5, 5.41) is 11.5.